The largest absolute Gasteiger partial charge is 0.341 e. The molecule has 1 aliphatic heterocycles. The summed E-state index contributed by atoms with van der Waals surface area (Å²) in [5.41, 5.74) is 1.16. The van der Waals surface area contributed by atoms with Crippen molar-refractivity contribution in [2.24, 2.45) is 0 Å². The number of aryl methyl sites for hydroxylation is 1. The van der Waals surface area contributed by atoms with Crippen LogP contribution in [0.1, 0.15) is 18.4 Å². The van der Waals surface area contributed by atoms with Crippen LogP contribution in [-0.4, -0.2) is 37.0 Å². The Morgan fingerprint density at radius 2 is 2.17 bits per heavy atom. The SMILES string of the molecule is CN(C(=O)CCc1ccc(Cl)cc1)C1CCNC1. The Morgan fingerprint density at radius 1 is 1.44 bits per heavy atom. The molecule has 0 radical (unpaired) electrons. The minimum atomic E-state index is 0.221. The van der Waals surface area contributed by atoms with Gasteiger partial charge in [-0.15, -0.1) is 0 Å². The number of nitrogens with one attached hydrogen (secondary N) is 1. The van der Waals surface area contributed by atoms with Crippen LogP contribution in [0.15, 0.2) is 24.3 Å². The first-order valence-electron chi connectivity index (χ1n) is 6.37. The standard InChI is InChI=1S/C14H19ClN2O/c1-17(13-8-9-16-10-13)14(18)7-4-11-2-5-12(15)6-3-11/h2-3,5-6,13,16H,4,7-10H2,1H3. The van der Waals surface area contributed by atoms with Gasteiger partial charge in [-0.1, -0.05) is 23.7 Å². The fourth-order valence-electron chi connectivity index (χ4n) is 2.25. The van der Waals surface area contributed by atoms with Crippen molar-refractivity contribution in [1.29, 1.82) is 0 Å². The van der Waals surface area contributed by atoms with Gasteiger partial charge in [0.15, 0.2) is 0 Å². The van der Waals surface area contributed by atoms with Crippen molar-refractivity contribution in [3.63, 3.8) is 0 Å². The quantitative estimate of drug-likeness (QED) is 0.905. The first kappa shape index (κ1) is 13.4. The molecule has 1 heterocycles. The highest BCUT2D eigenvalue weighted by atomic mass is 35.5. The maximum Gasteiger partial charge on any atom is 0.222 e. The van der Waals surface area contributed by atoms with Gasteiger partial charge in [0.1, 0.15) is 0 Å². The summed E-state index contributed by atoms with van der Waals surface area (Å²) in [6, 6.07) is 8.06. The van der Waals surface area contributed by atoms with Crippen LogP contribution in [0.3, 0.4) is 0 Å². The summed E-state index contributed by atoms with van der Waals surface area (Å²) < 4.78 is 0. The predicted octanol–water partition coefficient (Wildman–Crippen LogP) is 2.09. The minimum Gasteiger partial charge on any atom is -0.341 e. The number of hydrogen-bond acceptors (Lipinski definition) is 2. The van der Waals surface area contributed by atoms with Crippen molar-refractivity contribution >= 4 is 17.5 Å². The number of nitrogens with zero attached hydrogens (tertiary/aromatic N) is 1. The van der Waals surface area contributed by atoms with Gasteiger partial charge in [-0.2, -0.15) is 0 Å². The fourth-order valence-corrected chi connectivity index (χ4v) is 2.38. The Balaban J connectivity index is 1.82. The van der Waals surface area contributed by atoms with E-state index in [2.05, 4.69) is 5.32 Å². The third-order valence-corrected chi connectivity index (χ3v) is 3.77. The molecule has 0 aromatic heterocycles. The van der Waals surface area contributed by atoms with Crippen LogP contribution in [0.25, 0.3) is 0 Å². The molecule has 0 bridgehead atoms. The number of rotatable bonds is 4. The number of likely N-dealkylation sites (N-methyl/N-ethyl adjacent to an activating group) is 1. The highest BCUT2D eigenvalue weighted by molar-refractivity contribution is 6.30. The maximum atomic E-state index is 12.0. The van der Waals surface area contributed by atoms with Crippen molar-refractivity contribution in [3.05, 3.63) is 34.9 Å². The molecule has 4 heteroatoms. The van der Waals surface area contributed by atoms with Gasteiger partial charge < -0.3 is 10.2 Å². The molecule has 1 amide bonds. The second kappa shape index (κ2) is 6.21. The Morgan fingerprint density at radius 3 is 2.78 bits per heavy atom. The number of benzene rings is 1. The first-order chi connectivity index (χ1) is 8.66. The van der Waals surface area contributed by atoms with Gasteiger partial charge in [-0.05, 0) is 37.1 Å². The third-order valence-electron chi connectivity index (χ3n) is 3.52. The summed E-state index contributed by atoms with van der Waals surface area (Å²) in [4.78, 5) is 13.9. The smallest absolute Gasteiger partial charge is 0.222 e. The molecule has 3 nitrogen and oxygen atoms in total. The van der Waals surface area contributed by atoms with Crippen molar-refractivity contribution in [1.82, 2.24) is 10.2 Å². The number of amides is 1. The molecular formula is C14H19ClN2O. The zero-order chi connectivity index (χ0) is 13.0. The van der Waals surface area contributed by atoms with E-state index in [1.165, 1.54) is 0 Å². The van der Waals surface area contributed by atoms with Crippen LogP contribution in [0.2, 0.25) is 5.02 Å². The molecule has 1 aromatic rings. The van der Waals surface area contributed by atoms with Crippen molar-refractivity contribution < 1.29 is 4.79 Å². The lowest BCUT2D eigenvalue weighted by Gasteiger charge is -2.23. The number of hydrogen-bond donors (Lipinski definition) is 1. The molecule has 1 saturated heterocycles. The van der Waals surface area contributed by atoms with E-state index >= 15 is 0 Å². The van der Waals surface area contributed by atoms with Gasteiger partial charge in [0.05, 0.1) is 0 Å². The summed E-state index contributed by atoms with van der Waals surface area (Å²) in [6.45, 7) is 1.93. The molecule has 1 unspecified atom stereocenters. The fraction of sp³-hybridized carbons (Fsp3) is 0.500. The minimum absolute atomic E-state index is 0.221. The van der Waals surface area contributed by atoms with Crippen LogP contribution < -0.4 is 5.32 Å². The molecule has 1 atom stereocenters. The average Bonchev–Trinajstić information content (AvgIpc) is 2.90. The van der Waals surface area contributed by atoms with Gasteiger partial charge >= 0.3 is 0 Å². The third kappa shape index (κ3) is 3.47. The Labute approximate surface area is 113 Å². The van der Waals surface area contributed by atoms with E-state index in [4.69, 9.17) is 11.6 Å². The lowest BCUT2D eigenvalue weighted by molar-refractivity contribution is -0.131. The molecule has 18 heavy (non-hydrogen) atoms. The van der Waals surface area contributed by atoms with Gasteiger partial charge in [0, 0.05) is 31.1 Å². The molecule has 1 N–H and O–H groups in total. The van der Waals surface area contributed by atoms with E-state index in [0.717, 1.165) is 36.5 Å². The zero-order valence-corrected chi connectivity index (χ0v) is 11.4. The van der Waals surface area contributed by atoms with E-state index in [-0.39, 0.29) is 5.91 Å². The highest BCUT2D eigenvalue weighted by Crippen LogP contribution is 2.13. The average molecular weight is 267 g/mol. The second-order valence-corrected chi connectivity index (χ2v) is 5.21. The Hall–Kier alpha value is -1.06. The van der Waals surface area contributed by atoms with E-state index in [0.29, 0.717) is 12.5 Å². The van der Waals surface area contributed by atoms with Crippen LogP contribution in [0.5, 0.6) is 0 Å². The van der Waals surface area contributed by atoms with Gasteiger partial charge in [0.25, 0.3) is 0 Å². The summed E-state index contributed by atoms with van der Waals surface area (Å²) in [5.74, 6) is 0.221. The van der Waals surface area contributed by atoms with Crippen molar-refractivity contribution in [2.45, 2.75) is 25.3 Å². The van der Waals surface area contributed by atoms with Gasteiger partial charge in [-0.25, -0.2) is 0 Å². The topological polar surface area (TPSA) is 32.3 Å². The van der Waals surface area contributed by atoms with Crippen LogP contribution in [0.4, 0.5) is 0 Å². The molecule has 1 aliphatic rings. The van der Waals surface area contributed by atoms with Crippen molar-refractivity contribution in [2.75, 3.05) is 20.1 Å². The Kier molecular flexibility index (Phi) is 4.61. The zero-order valence-electron chi connectivity index (χ0n) is 10.7. The molecule has 0 spiro atoms. The summed E-state index contributed by atoms with van der Waals surface area (Å²) in [7, 11) is 1.90. The van der Waals surface area contributed by atoms with E-state index in [1.807, 2.05) is 36.2 Å². The van der Waals surface area contributed by atoms with Crippen LogP contribution in [0, 0.1) is 0 Å². The first-order valence-corrected chi connectivity index (χ1v) is 6.75. The maximum absolute atomic E-state index is 12.0. The molecule has 0 aliphatic carbocycles. The number of halogens is 1. The molecule has 1 aromatic carbocycles. The highest BCUT2D eigenvalue weighted by Gasteiger charge is 2.22. The van der Waals surface area contributed by atoms with E-state index < -0.39 is 0 Å². The van der Waals surface area contributed by atoms with E-state index in [9.17, 15) is 4.79 Å². The van der Waals surface area contributed by atoms with E-state index in [1.54, 1.807) is 0 Å². The molecule has 0 saturated carbocycles. The molecule has 98 valence electrons. The summed E-state index contributed by atoms with van der Waals surface area (Å²) in [6.07, 6.45) is 2.40. The monoisotopic (exact) mass is 266 g/mol. The van der Waals surface area contributed by atoms with Gasteiger partial charge in [0.2, 0.25) is 5.91 Å². The normalized spacial score (nSPS) is 18.9. The summed E-state index contributed by atoms with van der Waals surface area (Å²) >= 11 is 5.83. The van der Waals surface area contributed by atoms with Gasteiger partial charge in [-0.3, -0.25) is 4.79 Å². The van der Waals surface area contributed by atoms with Crippen LogP contribution in [-0.2, 0) is 11.2 Å². The second-order valence-electron chi connectivity index (χ2n) is 4.78. The lowest BCUT2D eigenvalue weighted by Crippen LogP contribution is -2.38. The van der Waals surface area contributed by atoms with Crippen LogP contribution >= 0.6 is 11.6 Å². The van der Waals surface area contributed by atoms with Crippen molar-refractivity contribution in [3.8, 4) is 0 Å². The molecule has 1 fully saturated rings. The summed E-state index contributed by atoms with van der Waals surface area (Å²) in [5, 5.41) is 4.01. The number of carbonyl (C=O) groups is 1. The number of carbonyl (C=O) groups excluding carboxylic acids is 1. The molecule has 2 rings (SSSR count). The Bertz CT molecular complexity index is 399. The molecular weight excluding hydrogens is 248 g/mol. The lowest BCUT2D eigenvalue weighted by atomic mass is 10.1. The predicted molar refractivity (Wildman–Crippen MR) is 73.8 cm³/mol.